The first-order chi connectivity index (χ1) is 16.9. The average molecular weight is 487 g/mol. The minimum atomic E-state index is -0.189. The van der Waals surface area contributed by atoms with Crippen molar-refractivity contribution in [3.8, 4) is 23.0 Å². The summed E-state index contributed by atoms with van der Waals surface area (Å²) in [4.78, 5) is 0.833. The third kappa shape index (κ3) is 6.06. The van der Waals surface area contributed by atoms with E-state index in [2.05, 4.69) is 56.3 Å². The fraction of sp³-hybridized carbons (Fsp3) is 0.200. The van der Waals surface area contributed by atoms with Crippen molar-refractivity contribution in [3.63, 3.8) is 0 Å². The average Bonchev–Trinajstić information content (AvgIpc) is 2.87. The number of benzene rings is 4. The maximum atomic E-state index is 8.83. The molecule has 0 radical (unpaired) electrons. The van der Waals surface area contributed by atoms with E-state index in [4.69, 9.17) is 14.7 Å². The quantitative estimate of drug-likeness (QED) is 0.145. The van der Waals surface area contributed by atoms with E-state index in [1.54, 1.807) is 0 Å². The van der Waals surface area contributed by atoms with E-state index in [9.17, 15) is 0 Å². The van der Waals surface area contributed by atoms with E-state index >= 15 is 0 Å². The molecule has 0 aliphatic carbocycles. The fourth-order valence-corrected chi connectivity index (χ4v) is 4.50. The molecule has 0 fully saturated rings. The summed E-state index contributed by atoms with van der Waals surface area (Å²) >= 11 is 0.923. The molecule has 0 aliphatic heterocycles. The molecule has 0 aromatic heterocycles. The van der Waals surface area contributed by atoms with E-state index in [0.717, 1.165) is 46.2 Å². The van der Waals surface area contributed by atoms with Gasteiger partial charge >= 0.3 is 0 Å². The lowest BCUT2D eigenvalue weighted by Gasteiger charge is -2.26. The van der Waals surface area contributed by atoms with Crippen LogP contribution >= 0.6 is 12.0 Å². The highest BCUT2D eigenvalue weighted by molar-refractivity contribution is 7.94. The van der Waals surface area contributed by atoms with Gasteiger partial charge in [0.15, 0.2) is 0 Å². The number of hydrogen-bond acceptors (Lipinski definition) is 5. The van der Waals surface area contributed by atoms with Gasteiger partial charge in [0.2, 0.25) is 0 Å². The second kappa shape index (κ2) is 11.0. The Morgan fingerprint density at radius 3 is 1.63 bits per heavy atom. The lowest BCUT2D eigenvalue weighted by molar-refractivity contribution is -0.116. The van der Waals surface area contributed by atoms with E-state index in [-0.39, 0.29) is 5.41 Å². The van der Waals surface area contributed by atoms with Crippen LogP contribution in [0.25, 0.3) is 0 Å². The Hall–Kier alpha value is -3.25. The van der Waals surface area contributed by atoms with Gasteiger partial charge in [0, 0.05) is 10.3 Å². The van der Waals surface area contributed by atoms with Crippen LogP contribution in [-0.2, 0) is 16.2 Å². The monoisotopic (exact) mass is 486 g/mol. The first-order valence-corrected chi connectivity index (χ1v) is 12.4. The summed E-state index contributed by atoms with van der Waals surface area (Å²) in [6, 6.07) is 30.3. The van der Waals surface area contributed by atoms with Gasteiger partial charge in [-0.1, -0.05) is 68.8 Å². The van der Waals surface area contributed by atoms with Crippen molar-refractivity contribution in [1.82, 2.24) is 0 Å². The Labute approximate surface area is 211 Å². The van der Waals surface area contributed by atoms with Gasteiger partial charge in [-0.2, -0.15) is 4.33 Å². The zero-order valence-corrected chi connectivity index (χ0v) is 21.3. The van der Waals surface area contributed by atoms with Gasteiger partial charge in [-0.3, -0.25) is 0 Å². The molecule has 4 aromatic carbocycles. The molecule has 0 saturated carbocycles. The zero-order valence-electron chi connectivity index (χ0n) is 20.4. The van der Waals surface area contributed by atoms with Crippen LogP contribution in [0.5, 0.6) is 23.0 Å². The summed E-state index contributed by atoms with van der Waals surface area (Å²) in [7, 11) is 0. The highest BCUT2D eigenvalue weighted by Crippen LogP contribution is 2.35. The third-order valence-electron chi connectivity index (χ3n) is 6.19. The normalized spacial score (nSPS) is 11.3. The number of ether oxygens (including phenoxy) is 2. The number of rotatable bonds is 9. The fourth-order valence-electron chi connectivity index (χ4n) is 3.93. The first kappa shape index (κ1) is 24.9. The highest BCUT2D eigenvalue weighted by atomic mass is 32.2. The zero-order chi connectivity index (χ0) is 24.8. The Bertz CT molecular complexity index is 1250. The van der Waals surface area contributed by atoms with Crippen LogP contribution in [0.2, 0.25) is 0 Å². The van der Waals surface area contributed by atoms with Crippen molar-refractivity contribution in [3.05, 3.63) is 113 Å². The summed E-state index contributed by atoms with van der Waals surface area (Å²) in [6.07, 6.45) is 0.842. The predicted octanol–water partition coefficient (Wildman–Crippen LogP) is 8.96. The van der Waals surface area contributed by atoms with Crippen LogP contribution in [0.3, 0.4) is 0 Å². The molecule has 1 N–H and O–H groups in total. The highest BCUT2D eigenvalue weighted by Gasteiger charge is 2.23. The Morgan fingerprint density at radius 2 is 1.14 bits per heavy atom. The second-order valence-corrected chi connectivity index (χ2v) is 9.73. The molecular weight excluding hydrogens is 456 g/mol. The predicted molar refractivity (Wildman–Crippen MR) is 142 cm³/mol. The lowest BCUT2D eigenvalue weighted by Crippen LogP contribution is -2.18. The molecule has 4 nitrogen and oxygen atoms in total. The van der Waals surface area contributed by atoms with Crippen molar-refractivity contribution < 1.29 is 19.1 Å². The van der Waals surface area contributed by atoms with E-state index in [1.165, 1.54) is 16.7 Å². The minimum absolute atomic E-state index is 0.189. The SMILES string of the molecule is CCc1ccc(Oc2ccc(C(C)(C)c3ccc(Oc4ccc(C)cc4)cc3)cc2)cc1SOO. The standard InChI is InChI=1S/C30H30O4S/c1-5-22-8-15-28(20-29(22)35-34-31)33-27-18-11-24(12-19-27)30(3,4)23-9-16-26(17-10-23)32-25-13-6-21(2)7-14-25/h6-20,31H,5H2,1-4H3. The van der Waals surface area contributed by atoms with Gasteiger partial charge in [0.05, 0.1) is 12.0 Å². The molecule has 0 aliphatic rings. The van der Waals surface area contributed by atoms with Crippen LogP contribution in [0.15, 0.2) is 95.9 Å². The number of aryl methyl sites for hydroxylation is 2. The molecule has 0 bridgehead atoms. The molecule has 0 spiro atoms. The van der Waals surface area contributed by atoms with Gasteiger partial charge in [0.1, 0.15) is 23.0 Å². The van der Waals surface area contributed by atoms with E-state index in [0.29, 0.717) is 5.75 Å². The Balaban J connectivity index is 1.46. The number of hydrogen-bond donors (Lipinski definition) is 1. The third-order valence-corrected chi connectivity index (χ3v) is 6.83. The van der Waals surface area contributed by atoms with Crippen molar-refractivity contribution in [2.75, 3.05) is 0 Å². The van der Waals surface area contributed by atoms with Crippen molar-refractivity contribution in [2.45, 2.75) is 44.4 Å². The Kier molecular flexibility index (Phi) is 7.81. The van der Waals surface area contributed by atoms with Gasteiger partial charge in [-0.25, -0.2) is 5.26 Å². The molecule has 4 rings (SSSR count). The largest absolute Gasteiger partial charge is 0.457 e. The molecule has 0 amide bonds. The van der Waals surface area contributed by atoms with Gasteiger partial charge in [-0.15, -0.1) is 0 Å². The van der Waals surface area contributed by atoms with Crippen molar-refractivity contribution in [1.29, 1.82) is 0 Å². The minimum Gasteiger partial charge on any atom is -0.457 e. The van der Waals surface area contributed by atoms with Crippen LogP contribution < -0.4 is 9.47 Å². The van der Waals surface area contributed by atoms with Crippen LogP contribution in [0.1, 0.15) is 43.0 Å². The molecular formula is C30H30O4S. The molecule has 4 aromatic rings. The summed E-state index contributed by atoms with van der Waals surface area (Å²) in [5.41, 5.74) is 4.49. The summed E-state index contributed by atoms with van der Waals surface area (Å²) in [5, 5.41) is 8.83. The molecule has 180 valence electrons. The van der Waals surface area contributed by atoms with E-state index in [1.807, 2.05) is 66.7 Å². The molecule has 0 unspecified atom stereocenters. The summed E-state index contributed by atoms with van der Waals surface area (Å²) < 4.78 is 16.3. The smallest absolute Gasteiger partial charge is 0.128 e. The summed E-state index contributed by atoms with van der Waals surface area (Å²) in [6.45, 7) is 8.54. The van der Waals surface area contributed by atoms with Gasteiger partial charge in [-0.05, 0) is 78.6 Å². The second-order valence-electron chi connectivity index (χ2n) is 8.97. The molecule has 0 atom stereocenters. The molecule has 0 heterocycles. The lowest BCUT2D eigenvalue weighted by atomic mass is 9.78. The molecule has 5 heteroatoms. The Morgan fingerprint density at radius 1 is 0.686 bits per heavy atom. The van der Waals surface area contributed by atoms with Crippen LogP contribution in [0.4, 0.5) is 0 Å². The van der Waals surface area contributed by atoms with Crippen molar-refractivity contribution in [2.24, 2.45) is 0 Å². The van der Waals surface area contributed by atoms with E-state index < -0.39 is 0 Å². The van der Waals surface area contributed by atoms with Gasteiger partial charge in [0.25, 0.3) is 0 Å². The molecule has 35 heavy (non-hydrogen) atoms. The maximum absolute atomic E-state index is 8.83. The van der Waals surface area contributed by atoms with Crippen LogP contribution in [-0.4, -0.2) is 5.26 Å². The van der Waals surface area contributed by atoms with Gasteiger partial charge < -0.3 is 9.47 Å². The first-order valence-electron chi connectivity index (χ1n) is 11.6. The maximum Gasteiger partial charge on any atom is 0.128 e. The topological polar surface area (TPSA) is 47.9 Å². The van der Waals surface area contributed by atoms with Crippen LogP contribution in [0, 0.1) is 6.92 Å². The molecule has 0 saturated heterocycles. The summed E-state index contributed by atoms with van der Waals surface area (Å²) in [5.74, 6) is 3.09. The van der Waals surface area contributed by atoms with Crippen molar-refractivity contribution >= 4 is 12.0 Å².